The van der Waals surface area contributed by atoms with Crippen LogP contribution in [0.1, 0.15) is 29.7 Å². The van der Waals surface area contributed by atoms with Gasteiger partial charge in [-0.05, 0) is 30.3 Å². The first-order valence-corrected chi connectivity index (χ1v) is 7.00. The zero-order valence-corrected chi connectivity index (χ0v) is 12.0. The molecule has 2 N–H and O–H groups in total. The van der Waals surface area contributed by atoms with Gasteiger partial charge in [0.25, 0.3) is 0 Å². The van der Waals surface area contributed by atoms with E-state index in [1.54, 1.807) is 6.07 Å². The minimum absolute atomic E-state index is 0.200. The molecule has 0 fully saturated rings. The van der Waals surface area contributed by atoms with Crippen LogP contribution in [0.4, 0.5) is 8.78 Å². The van der Waals surface area contributed by atoms with Gasteiger partial charge in [-0.3, -0.25) is 0 Å². The molecule has 2 nitrogen and oxygen atoms in total. The Hall–Kier alpha value is -1.46. The molecular formula is C15H12BrF2NO. The molecule has 1 heterocycles. The zero-order chi connectivity index (χ0) is 14.3. The van der Waals surface area contributed by atoms with Gasteiger partial charge in [-0.2, -0.15) is 0 Å². The fourth-order valence-corrected chi connectivity index (χ4v) is 2.77. The Labute approximate surface area is 123 Å². The van der Waals surface area contributed by atoms with Crippen LogP contribution in [0.3, 0.4) is 0 Å². The highest BCUT2D eigenvalue weighted by atomic mass is 79.9. The van der Waals surface area contributed by atoms with Crippen molar-refractivity contribution in [2.75, 3.05) is 0 Å². The number of hydrogen-bond acceptors (Lipinski definition) is 2. The average Bonchev–Trinajstić information content (AvgIpc) is 2.41. The smallest absolute Gasteiger partial charge is 0.130 e. The monoisotopic (exact) mass is 339 g/mol. The zero-order valence-electron chi connectivity index (χ0n) is 10.4. The molecule has 0 saturated carbocycles. The number of nitrogens with two attached hydrogens (primary N) is 1. The molecule has 0 amide bonds. The maximum atomic E-state index is 13.8. The van der Waals surface area contributed by atoms with Crippen LogP contribution >= 0.6 is 15.9 Å². The number of benzene rings is 2. The predicted molar refractivity (Wildman–Crippen MR) is 75.4 cm³/mol. The van der Waals surface area contributed by atoms with Gasteiger partial charge >= 0.3 is 0 Å². The van der Waals surface area contributed by atoms with Crippen molar-refractivity contribution >= 4 is 15.9 Å². The van der Waals surface area contributed by atoms with Gasteiger partial charge in [0, 0.05) is 28.1 Å². The van der Waals surface area contributed by atoms with Crippen molar-refractivity contribution < 1.29 is 13.5 Å². The first-order chi connectivity index (χ1) is 9.54. The summed E-state index contributed by atoms with van der Waals surface area (Å²) in [7, 11) is 0. The van der Waals surface area contributed by atoms with Crippen LogP contribution in [0.5, 0.6) is 5.75 Å². The van der Waals surface area contributed by atoms with Crippen LogP contribution < -0.4 is 10.5 Å². The maximum Gasteiger partial charge on any atom is 0.130 e. The van der Waals surface area contributed by atoms with Gasteiger partial charge in [0.15, 0.2) is 0 Å². The molecule has 0 aliphatic carbocycles. The van der Waals surface area contributed by atoms with Crippen molar-refractivity contribution in [1.29, 1.82) is 0 Å². The summed E-state index contributed by atoms with van der Waals surface area (Å²) in [4.78, 5) is 0. The topological polar surface area (TPSA) is 35.2 Å². The van der Waals surface area contributed by atoms with Gasteiger partial charge in [0.2, 0.25) is 0 Å². The molecule has 1 aliphatic rings. The van der Waals surface area contributed by atoms with Crippen molar-refractivity contribution in [1.82, 2.24) is 0 Å². The predicted octanol–water partition coefficient (Wildman–Crippen LogP) is 4.25. The average molecular weight is 340 g/mol. The lowest BCUT2D eigenvalue weighted by Gasteiger charge is -2.30. The van der Waals surface area contributed by atoms with E-state index in [0.717, 1.165) is 28.2 Å². The molecule has 2 aromatic carbocycles. The quantitative estimate of drug-likeness (QED) is 0.842. The van der Waals surface area contributed by atoms with Gasteiger partial charge < -0.3 is 10.5 Å². The van der Waals surface area contributed by atoms with E-state index in [0.29, 0.717) is 12.2 Å². The Morgan fingerprint density at radius 1 is 1.10 bits per heavy atom. The summed E-state index contributed by atoms with van der Waals surface area (Å²) in [6.45, 7) is 0. The second-order valence-electron chi connectivity index (χ2n) is 4.80. The highest BCUT2D eigenvalue weighted by Crippen LogP contribution is 2.41. The Kier molecular flexibility index (Phi) is 3.48. The van der Waals surface area contributed by atoms with Gasteiger partial charge in [-0.1, -0.05) is 22.0 Å². The molecule has 1 aliphatic heterocycles. The van der Waals surface area contributed by atoms with Gasteiger partial charge in [-0.25, -0.2) is 8.78 Å². The van der Waals surface area contributed by atoms with E-state index in [-0.39, 0.29) is 11.6 Å². The van der Waals surface area contributed by atoms with Crippen molar-refractivity contribution in [2.45, 2.75) is 18.6 Å². The van der Waals surface area contributed by atoms with E-state index in [9.17, 15) is 8.78 Å². The molecule has 0 saturated heterocycles. The summed E-state index contributed by atoms with van der Waals surface area (Å²) in [6, 6.07) is 8.64. The number of fused-ring (bicyclic) bond motifs is 1. The molecule has 0 bridgehead atoms. The summed E-state index contributed by atoms with van der Waals surface area (Å²) in [5.41, 5.74) is 7.18. The molecule has 104 valence electrons. The Bertz CT molecular complexity index is 662. The number of ether oxygens (including phenoxy) is 1. The molecule has 20 heavy (non-hydrogen) atoms. The van der Waals surface area contributed by atoms with Gasteiger partial charge in [-0.15, -0.1) is 0 Å². The Balaban J connectivity index is 2.00. The second-order valence-corrected chi connectivity index (χ2v) is 5.71. The second kappa shape index (κ2) is 5.14. The molecule has 2 aromatic rings. The minimum Gasteiger partial charge on any atom is -0.485 e. The van der Waals surface area contributed by atoms with Crippen LogP contribution in [0.25, 0.3) is 0 Å². The maximum absolute atomic E-state index is 13.8. The SMILES string of the molecule is NC1CC(c2cc(F)ccc2F)Oc2cc(Br)ccc21. The molecular weight excluding hydrogens is 328 g/mol. The normalized spacial score (nSPS) is 21.2. The Morgan fingerprint density at radius 2 is 1.90 bits per heavy atom. The standard InChI is InChI=1S/C15H12BrF2NO/c16-8-1-3-10-13(19)7-15(20-14(10)5-8)11-6-9(17)2-4-12(11)18/h1-6,13,15H,7,19H2. The van der Waals surface area contributed by atoms with Crippen LogP contribution in [0.15, 0.2) is 40.9 Å². The van der Waals surface area contributed by atoms with Gasteiger partial charge in [0.1, 0.15) is 23.5 Å². The molecule has 3 rings (SSSR count). The van der Waals surface area contributed by atoms with Crippen LogP contribution in [0, 0.1) is 11.6 Å². The number of hydrogen-bond donors (Lipinski definition) is 1. The highest BCUT2D eigenvalue weighted by molar-refractivity contribution is 9.10. The summed E-state index contributed by atoms with van der Waals surface area (Å²) in [5.74, 6) is -0.368. The summed E-state index contributed by atoms with van der Waals surface area (Å²) >= 11 is 3.36. The largest absolute Gasteiger partial charge is 0.485 e. The van der Waals surface area contributed by atoms with E-state index in [1.807, 2.05) is 12.1 Å². The summed E-state index contributed by atoms with van der Waals surface area (Å²) in [6.07, 6.45) is -0.169. The number of halogens is 3. The summed E-state index contributed by atoms with van der Waals surface area (Å²) in [5, 5.41) is 0. The lowest BCUT2D eigenvalue weighted by Crippen LogP contribution is -2.24. The van der Waals surface area contributed by atoms with Crippen molar-refractivity contribution in [3.05, 3.63) is 63.6 Å². The van der Waals surface area contributed by atoms with Crippen molar-refractivity contribution in [2.24, 2.45) is 5.73 Å². The first kappa shape index (κ1) is 13.5. The van der Waals surface area contributed by atoms with Crippen LogP contribution in [-0.2, 0) is 0 Å². The third-order valence-electron chi connectivity index (χ3n) is 3.42. The lowest BCUT2D eigenvalue weighted by atomic mass is 9.93. The lowest BCUT2D eigenvalue weighted by molar-refractivity contribution is 0.157. The molecule has 2 atom stereocenters. The fourth-order valence-electron chi connectivity index (χ4n) is 2.43. The molecule has 0 spiro atoms. The van der Waals surface area contributed by atoms with Crippen LogP contribution in [-0.4, -0.2) is 0 Å². The first-order valence-electron chi connectivity index (χ1n) is 6.21. The van der Waals surface area contributed by atoms with E-state index < -0.39 is 17.7 Å². The van der Waals surface area contributed by atoms with E-state index in [2.05, 4.69) is 15.9 Å². The molecule has 2 unspecified atom stereocenters. The fraction of sp³-hybridized carbons (Fsp3) is 0.200. The van der Waals surface area contributed by atoms with E-state index in [4.69, 9.17) is 10.5 Å². The highest BCUT2D eigenvalue weighted by Gasteiger charge is 2.29. The van der Waals surface area contributed by atoms with Crippen LogP contribution in [0.2, 0.25) is 0 Å². The summed E-state index contributed by atoms with van der Waals surface area (Å²) < 4.78 is 33.8. The van der Waals surface area contributed by atoms with Gasteiger partial charge in [0.05, 0.1) is 0 Å². The van der Waals surface area contributed by atoms with E-state index in [1.165, 1.54) is 0 Å². The van der Waals surface area contributed by atoms with E-state index >= 15 is 0 Å². The van der Waals surface area contributed by atoms with Crippen molar-refractivity contribution in [3.8, 4) is 5.75 Å². The van der Waals surface area contributed by atoms with Crippen molar-refractivity contribution in [3.63, 3.8) is 0 Å². The molecule has 0 aromatic heterocycles. The number of rotatable bonds is 1. The molecule has 0 radical (unpaired) electrons. The molecule has 5 heteroatoms. The minimum atomic E-state index is -0.581. The third kappa shape index (κ3) is 2.43. The Morgan fingerprint density at radius 3 is 2.70 bits per heavy atom. The third-order valence-corrected chi connectivity index (χ3v) is 3.91.